The number of hydrogen-bond acceptors (Lipinski definition) is 5. The number of amides is 1. The van der Waals surface area contributed by atoms with Gasteiger partial charge in [-0.1, -0.05) is 12.1 Å². The molecule has 0 saturated heterocycles. The third-order valence-corrected chi connectivity index (χ3v) is 6.77. The average molecular weight is 389 g/mol. The van der Waals surface area contributed by atoms with Crippen LogP contribution in [0.5, 0.6) is 0 Å². The van der Waals surface area contributed by atoms with Crippen LogP contribution >= 0.6 is 11.3 Å². The lowest BCUT2D eigenvalue weighted by Crippen LogP contribution is -2.58. The number of aromatic nitrogens is 1. The van der Waals surface area contributed by atoms with E-state index in [-0.39, 0.29) is 17.7 Å². The van der Waals surface area contributed by atoms with Crippen molar-refractivity contribution < 1.29 is 9.18 Å². The minimum absolute atomic E-state index is 0.104. The van der Waals surface area contributed by atoms with Crippen LogP contribution in [-0.2, 0) is 23.2 Å². The summed E-state index contributed by atoms with van der Waals surface area (Å²) < 4.78 is 14.8. The average Bonchev–Trinajstić information content (AvgIpc) is 3.03. The molecule has 1 aliphatic heterocycles. The molecule has 2 aromatic rings. The van der Waals surface area contributed by atoms with E-state index in [2.05, 4.69) is 9.98 Å². The summed E-state index contributed by atoms with van der Waals surface area (Å²) in [6, 6.07) is 5.07. The number of nitrogens with two attached hydrogens (primary N) is 1. The van der Waals surface area contributed by atoms with Crippen molar-refractivity contribution in [2.75, 3.05) is 7.05 Å². The first-order valence-electron chi connectivity index (χ1n) is 8.89. The number of rotatable bonds is 4. The molecular weight excluding hydrogens is 363 g/mol. The highest BCUT2D eigenvalue weighted by atomic mass is 32.1. The molecule has 0 aliphatic carbocycles. The monoisotopic (exact) mass is 388 g/mol. The van der Waals surface area contributed by atoms with E-state index in [9.17, 15) is 9.18 Å². The van der Waals surface area contributed by atoms with Crippen LogP contribution in [0.15, 0.2) is 28.7 Å². The van der Waals surface area contributed by atoms with Crippen LogP contribution in [0.25, 0.3) is 0 Å². The largest absolute Gasteiger partial charge is 0.369 e. The van der Waals surface area contributed by atoms with E-state index in [1.807, 2.05) is 18.5 Å². The molecule has 144 valence electrons. The fraction of sp³-hybridized carbons (Fsp3) is 0.450. The van der Waals surface area contributed by atoms with Gasteiger partial charge in [0.25, 0.3) is 0 Å². The minimum Gasteiger partial charge on any atom is -0.369 e. The molecule has 0 fully saturated rings. The minimum atomic E-state index is -1.08. The topological polar surface area (TPSA) is 71.6 Å². The lowest BCUT2D eigenvalue weighted by Gasteiger charge is -2.46. The van der Waals surface area contributed by atoms with E-state index >= 15 is 0 Å². The molecule has 1 atom stereocenters. The van der Waals surface area contributed by atoms with Gasteiger partial charge in [0.2, 0.25) is 5.91 Å². The predicted molar refractivity (Wildman–Crippen MR) is 106 cm³/mol. The molecule has 0 spiro atoms. The van der Waals surface area contributed by atoms with E-state index in [4.69, 9.17) is 5.73 Å². The number of nitrogens with zero attached hydrogens (tertiary/aromatic N) is 3. The summed E-state index contributed by atoms with van der Waals surface area (Å²) >= 11 is 1.63. The molecule has 2 N–H and O–H groups in total. The number of benzene rings is 1. The molecule has 1 amide bonds. The van der Waals surface area contributed by atoms with Crippen LogP contribution in [0, 0.1) is 18.2 Å². The zero-order valence-corrected chi connectivity index (χ0v) is 17.2. The van der Waals surface area contributed by atoms with Crippen molar-refractivity contribution in [2.24, 2.45) is 16.1 Å². The smallest absolute Gasteiger partial charge is 0.237 e. The van der Waals surface area contributed by atoms with E-state index < -0.39 is 11.0 Å². The van der Waals surface area contributed by atoms with E-state index in [0.29, 0.717) is 5.56 Å². The van der Waals surface area contributed by atoms with Gasteiger partial charge in [0, 0.05) is 17.5 Å². The van der Waals surface area contributed by atoms with Gasteiger partial charge in [0.1, 0.15) is 11.4 Å². The Bertz CT molecular complexity index is 920. The predicted octanol–water partition coefficient (Wildman–Crippen LogP) is 3.40. The van der Waals surface area contributed by atoms with Gasteiger partial charge in [0.05, 0.1) is 16.6 Å². The molecular formula is C20H25FN4OS. The van der Waals surface area contributed by atoms with Crippen molar-refractivity contribution >= 4 is 23.2 Å². The van der Waals surface area contributed by atoms with Crippen molar-refractivity contribution in [3.8, 4) is 0 Å². The highest BCUT2D eigenvalue weighted by molar-refractivity contribution is 7.09. The second-order valence-corrected chi connectivity index (χ2v) is 8.65. The van der Waals surface area contributed by atoms with E-state index in [1.165, 1.54) is 15.8 Å². The summed E-state index contributed by atoms with van der Waals surface area (Å²) in [5, 5.41) is 0. The first-order valence-corrected chi connectivity index (χ1v) is 9.77. The summed E-state index contributed by atoms with van der Waals surface area (Å²) in [5.74, 6) is -0.452. The molecule has 2 heterocycles. The third-order valence-electron chi connectivity index (χ3n) is 5.78. The van der Waals surface area contributed by atoms with Gasteiger partial charge in [-0.25, -0.2) is 14.4 Å². The molecule has 7 heteroatoms. The number of aliphatic imine (C=N–C) groups is 1. The highest BCUT2D eigenvalue weighted by Gasteiger charge is 2.53. The molecule has 0 unspecified atom stereocenters. The molecule has 1 aromatic carbocycles. The number of thiazole rings is 1. The Morgan fingerprint density at radius 3 is 2.59 bits per heavy atom. The number of guanidine groups is 1. The number of halogens is 1. The van der Waals surface area contributed by atoms with Crippen molar-refractivity contribution in [3.05, 3.63) is 51.2 Å². The Kier molecular flexibility index (Phi) is 4.84. The molecule has 3 rings (SSSR count). The second-order valence-electron chi connectivity index (χ2n) is 7.71. The Morgan fingerprint density at radius 1 is 1.26 bits per heavy atom. The van der Waals surface area contributed by atoms with Crippen molar-refractivity contribution in [3.63, 3.8) is 0 Å². The van der Waals surface area contributed by atoms with Gasteiger partial charge < -0.3 is 5.73 Å². The van der Waals surface area contributed by atoms with Crippen molar-refractivity contribution in [1.29, 1.82) is 0 Å². The Morgan fingerprint density at radius 2 is 1.96 bits per heavy atom. The normalized spacial score (nSPS) is 22.1. The van der Waals surface area contributed by atoms with Crippen LogP contribution in [0.3, 0.4) is 0 Å². The van der Waals surface area contributed by atoms with Gasteiger partial charge >= 0.3 is 0 Å². The van der Waals surface area contributed by atoms with Gasteiger partial charge in [-0.15, -0.1) is 11.3 Å². The Labute approximate surface area is 163 Å². The number of carbonyl (C=O) groups is 1. The fourth-order valence-corrected chi connectivity index (χ4v) is 4.28. The fourth-order valence-electron chi connectivity index (χ4n) is 3.50. The van der Waals surface area contributed by atoms with Gasteiger partial charge in [-0.05, 0) is 52.2 Å². The van der Waals surface area contributed by atoms with Crippen LogP contribution in [0.4, 0.5) is 4.39 Å². The Hall–Kier alpha value is -2.28. The summed E-state index contributed by atoms with van der Waals surface area (Å²) in [6.07, 6.45) is 1.61. The van der Waals surface area contributed by atoms with Crippen LogP contribution in [0.1, 0.15) is 42.5 Å². The molecule has 0 saturated carbocycles. The first-order chi connectivity index (χ1) is 12.6. The maximum absolute atomic E-state index is 14.8. The summed E-state index contributed by atoms with van der Waals surface area (Å²) in [6.45, 7) is 7.34. The molecule has 1 aliphatic rings. The highest BCUT2D eigenvalue weighted by Crippen LogP contribution is 2.47. The molecule has 1 aromatic heterocycles. The summed E-state index contributed by atoms with van der Waals surface area (Å²) in [7, 11) is 1.59. The number of carbonyl (C=O) groups excluding carboxylic acids is 1. The maximum atomic E-state index is 14.8. The molecule has 27 heavy (non-hydrogen) atoms. The lowest BCUT2D eigenvalue weighted by molar-refractivity contribution is -0.140. The lowest BCUT2D eigenvalue weighted by atomic mass is 9.67. The van der Waals surface area contributed by atoms with Crippen molar-refractivity contribution in [1.82, 2.24) is 9.88 Å². The maximum Gasteiger partial charge on any atom is 0.237 e. The van der Waals surface area contributed by atoms with Crippen LogP contribution in [-0.4, -0.2) is 28.8 Å². The summed E-state index contributed by atoms with van der Waals surface area (Å²) in [4.78, 5) is 24.2. The summed E-state index contributed by atoms with van der Waals surface area (Å²) in [5.41, 5.74) is 8.21. The van der Waals surface area contributed by atoms with Gasteiger partial charge in [-0.3, -0.25) is 9.69 Å². The standard InChI is InChI=1S/C20H25FN4OS/c1-12-16(27-11-23-12)9-7-13-6-8-15(21)14(10-13)20(4)19(2,3)17(26)25(5)18(22)24-20/h6,8,10-11H,7,9H2,1-5H3,(H2,22,24)/t20-/m1/s1. The first kappa shape index (κ1) is 19.5. The number of hydrogen-bond donors (Lipinski definition) is 1. The van der Waals surface area contributed by atoms with Crippen molar-refractivity contribution in [2.45, 2.75) is 46.1 Å². The SMILES string of the molecule is Cc1ncsc1CCc1ccc(F)c([C@@]2(C)N=C(N)N(C)C(=O)C2(C)C)c1. The zero-order valence-electron chi connectivity index (χ0n) is 16.3. The third kappa shape index (κ3) is 3.14. The van der Waals surface area contributed by atoms with Gasteiger partial charge in [-0.2, -0.15) is 0 Å². The molecule has 5 nitrogen and oxygen atoms in total. The second kappa shape index (κ2) is 6.71. The Balaban J connectivity index is 2.00. The van der Waals surface area contributed by atoms with E-state index in [1.54, 1.807) is 45.2 Å². The molecule has 0 bridgehead atoms. The zero-order chi connectivity index (χ0) is 20.0. The van der Waals surface area contributed by atoms with Crippen LogP contribution < -0.4 is 5.73 Å². The number of aryl methyl sites for hydroxylation is 3. The van der Waals surface area contributed by atoms with E-state index in [0.717, 1.165) is 24.1 Å². The van der Waals surface area contributed by atoms with Gasteiger partial charge in [0.15, 0.2) is 5.96 Å². The van der Waals surface area contributed by atoms with Crippen LogP contribution in [0.2, 0.25) is 0 Å². The quantitative estimate of drug-likeness (QED) is 0.872. The molecule has 0 radical (unpaired) electrons.